The lowest BCUT2D eigenvalue weighted by molar-refractivity contribution is -0.204. The number of aliphatic hydroxyl groups excluding tert-OH is 2. The molecule has 0 bridgehead atoms. The molecule has 2 aliphatic rings. The SMILES string of the molecule is O=C(/C=C/c1ccc(O)c(O)c1)O[C@@H]1CC(O)(C(=O)O)C[C@@H](OC(=O)/C=C/c2ccc(O)c(O)c2)C1O.O=C(/C=C/c1ccc(O)c(O)c1)O[C@H]1[C@H](O)C[C@](O)(C(=O)O)C[C@H]1OC(=O)/C=C/c1ccc(O)c(O)c1. The van der Waals surface area contributed by atoms with Crippen LogP contribution in [0.5, 0.6) is 46.0 Å². The average Bonchev–Trinajstić information content (AvgIpc) is 3.33. The van der Waals surface area contributed by atoms with Gasteiger partial charge in [-0.1, -0.05) is 24.3 Å². The molecular weight excluding hydrogens is 985 g/mol. The van der Waals surface area contributed by atoms with Crippen LogP contribution in [0.3, 0.4) is 0 Å². The standard InChI is InChI=1S/2C25H24O12/c26-15-5-1-13(9-17(15)28)3-7-21(30)36-19-11-25(35,24(33)34)12-20(23(19)32)37-22(31)8-4-14-2-6-16(27)18(29)10-14;26-15-5-1-13(9-17(15)28)3-7-21(31)36-20-12-25(35,24(33)34)11-19(30)23(20)37-22(32)8-4-14-2-6-16(27)18(29)10-14/h1-10,19-20,23,26-29,32,35H,11-12H2,(H,33,34);1-10,19-20,23,26-30,35H,11-12H2,(H,33,34)/b2*7-3+,8-4+/t19-,20-,23?,25?;19-,20-,23+,25-/m11/s1. The summed E-state index contributed by atoms with van der Waals surface area (Å²) in [4.78, 5) is 72.5. The van der Waals surface area contributed by atoms with Gasteiger partial charge in [-0.3, -0.25) is 0 Å². The van der Waals surface area contributed by atoms with Crippen molar-refractivity contribution in [3.8, 4) is 46.0 Å². The van der Waals surface area contributed by atoms with Gasteiger partial charge in [0.2, 0.25) is 0 Å². The Hall–Kier alpha value is -9.10. The largest absolute Gasteiger partial charge is 0.504 e. The average molecular weight is 1030 g/mol. The molecule has 0 aliphatic heterocycles. The van der Waals surface area contributed by atoms with Crippen LogP contribution in [0.15, 0.2) is 97.1 Å². The number of phenolic OH excluding ortho intramolecular Hbond substituents is 8. The van der Waals surface area contributed by atoms with Crippen molar-refractivity contribution in [1.29, 1.82) is 0 Å². The number of carbonyl (C=O) groups excluding carboxylic acids is 4. The van der Waals surface area contributed by atoms with Gasteiger partial charge in [0.05, 0.1) is 6.10 Å². The van der Waals surface area contributed by atoms with Crippen molar-refractivity contribution in [1.82, 2.24) is 0 Å². The molecule has 0 spiro atoms. The zero-order chi connectivity index (χ0) is 54.7. The van der Waals surface area contributed by atoms with E-state index in [1.54, 1.807) is 0 Å². The number of ether oxygens (including phenoxy) is 4. The van der Waals surface area contributed by atoms with Crippen molar-refractivity contribution in [2.75, 3.05) is 0 Å². The Balaban J connectivity index is 0.000000274. The number of hydrogen-bond acceptors (Lipinski definition) is 22. The summed E-state index contributed by atoms with van der Waals surface area (Å²) in [6, 6.07) is 15.0. The van der Waals surface area contributed by atoms with Gasteiger partial charge in [-0.15, -0.1) is 0 Å². The van der Waals surface area contributed by atoms with Crippen molar-refractivity contribution in [2.45, 2.75) is 73.5 Å². The zero-order valence-electron chi connectivity index (χ0n) is 38.2. The van der Waals surface area contributed by atoms with Crippen LogP contribution in [0, 0.1) is 0 Å². The van der Waals surface area contributed by atoms with E-state index < -0.39 is 132 Å². The predicted octanol–water partition coefficient (Wildman–Crippen LogP) is 2.06. The van der Waals surface area contributed by atoms with Crippen LogP contribution in [-0.2, 0) is 47.7 Å². The summed E-state index contributed by atoms with van der Waals surface area (Å²) >= 11 is 0. The van der Waals surface area contributed by atoms with Gasteiger partial charge < -0.3 is 90.4 Å². The maximum Gasteiger partial charge on any atom is 0.335 e. The molecule has 0 unspecified atom stereocenters. The molecule has 0 amide bonds. The van der Waals surface area contributed by atoms with E-state index in [9.17, 15) is 100 Å². The monoisotopic (exact) mass is 1030 g/mol. The fourth-order valence-corrected chi connectivity index (χ4v) is 7.28. The van der Waals surface area contributed by atoms with Gasteiger partial charge in [-0.25, -0.2) is 28.8 Å². The van der Waals surface area contributed by atoms with Crippen LogP contribution < -0.4 is 0 Å². The number of carboxylic acid groups (broad SMARTS) is 2. The molecule has 14 N–H and O–H groups in total. The van der Waals surface area contributed by atoms with E-state index in [4.69, 9.17) is 18.9 Å². The maximum atomic E-state index is 12.4. The van der Waals surface area contributed by atoms with E-state index in [0.717, 1.165) is 30.4 Å². The van der Waals surface area contributed by atoms with Crippen molar-refractivity contribution < 1.29 is 119 Å². The van der Waals surface area contributed by atoms with Crippen molar-refractivity contribution in [2.24, 2.45) is 0 Å². The first-order chi connectivity index (χ1) is 34.7. The first kappa shape index (κ1) is 55.8. The zero-order valence-corrected chi connectivity index (χ0v) is 38.2. The summed E-state index contributed by atoms with van der Waals surface area (Å²) in [5, 5.41) is 136. The summed E-state index contributed by atoms with van der Waals surface area (Å²) in [6.45, 7) is 0. The minimum absolute atomic E-state index is 0.311. The fourth-order valence-electron chi connectivity index (χ4n) is 7.28. The number of aliphatic hydroxyl groups is 4. The summed E-state index contributed by atoms with van der Waals surface area (Å²) < 4.78 is 20.6. The number of aromatic hydroxyl groups is 8. The summed E-state index contributed by atoms with van der Waals surface area (Å²) in [5.41, 5.74) is -3.66. The number of aliphatic carboxylic acids is 2. The molecule has 24 heteroatoms. The van der Waals surface area contributed by atoms with Gasteiger partial charge in [-0.05, 0) is 95.1 Å². The van der Waals surface area contributed by atoms with Gasteiger partial charge >= 0.3 is 35.8 Å². The number of carbonyl (C=O) groups is 6. The Kier molecular flexibility index (Phi) is 18.0. The summed E-state index contributed by atoms with van der Waals surface area (Å²) in [5.74, 6) is -10.6. The summed E-state index contributed by atoms with van der Waals surface area (Å²) in [6.07, 6.45) is -3.72. The molecule has 392 valence electrons. The Bertz CT molecular complexity index is 2800. The summed E-state index contributed by atoms with van der Waals surface area (Å²) in [7, 11) is 0. The van der Waals surface area contributed by atoms with E-state index >= 15 is 0 Å². The molecule has 0 heterocycles. The molecule has 6 atom stereocenters. The topological polar surface area (TPSA) is 423 Å². The van der Waals surface area contributed by atoms with Crippen LogP contribution in [-0.4, -0.2) is 155 Å². The van der Waals surface area contributed by atoms with Crippen molar-refractivity contribution in [3.05, 3.63) is 119 Å². The molecule has 24 nitrogen and oxygen atoms in total. The number of esters is 4. The third-order valence-electron chi connectivity index (χ3n) is 11.2. The van der Waals surface area contributed by atoms with Crippen LogP contribution in [0.4, 0.5) is 0 Å². The highest BCUT2D eigenvalue weighted by Gasteiger charge is 2.53. The Morgan fingerprint density at radius 2 is 0.676 bits per heavy atom. The fraction of sp³-hybridized carbons (Fsp3) is 0.240. The highest BCUT2D eigenvalue weighted by atomic mass is 16.6. The van der Waals surface area contributed by atoms with E-state index in [1.165, 1.54) is 91.0 Å². The first-order valence-corrected chi connectivity index (χ1v) is 21.7. The van der Waals surface area contributed by atoms with Crippen LogP contribution in [0.1, 0.15) is 47.9 Å². The van der Waals surface area contributed by atoms with Crippen LogP contribution in [0.25, 0.3) is 24.3 Å². The van der Waals surface area contributed by atoms with Gasteiger partial charge in [0.15, 0.2) is 63.3 Å². The lowest BCUT2D eigenvalue weighted by Crippen LogP contribution is -2.58. The molecule has 74 heavy (non-hydrogen) atoms. The smallest absolute Gasteiger partial charge is 0.335 e. The highest BCUT2D eigenvalue weighted by Crippen LogP contribution is 2.36. The molecule has 0 saturated heterocycles. The van der Waals surface area contributed by atoms with E-state index in [1.807, 2.05) is 0 Å². The molecule has 2 aliphatic carbocycles. The molecule has 4 aromatic rings. The van der Waals surface area contributed by atoms with Gasteiger partial charge in [0.1, 0.15) is 24.4 Å². The second kappa shape index (κ2) is 23.9. The van der Waals surface area contributed by atoms with E-state index in [0.29, 0.717) is 22.3 Å². The molecule has 2 fully saturated rings. The molecule has 0 aromatic heterocycles. The third kappa shape index (κ3) is 15.0. The molecular formula is C50H48O24. The van der Waals surface area contributed by atoms with Crippen molar-refractivity contribution >= 4 is 60.1 Å². The predicted molar refractivity (Wildman–Crippen MR) is 250 cm³/mol. The van der Waals surface area contributed by atoms with Gasteiger partial charge in [-0.2, -0.15) is 0 Å². The van der Waals surface area contributed by atoms with Crippen molar-refractivity contribution in [3.63, 3.8) is 0 Å². The quantitative estimate of drug-likeness (QED) is 0.0372. The lowest BCUT2D eigenvalue weighted by Gasteiger charge is -2.40. The number of benzene rings is 4. The molecule has 2 saturated carbocycles. The molecule has 6 rings (SSSR count). The number of hydrogen-bond donors (Lipinski definition) is 14. The number of phenols is 8. The first-order valence-electron chi connectivity index (χ1n) is 21.7. The minimum atomic E-state index is -2.48. The second-order valence-corrected chi connectivity index (χ2v) is 16.7. The second-order valence-electron chi connectivity index (χ2n) is 16.7. The normalized spacial score (nSPS) is 23.7. The number of carboxylic acids is 2. The maximum absolute atomic E-state index is 12.4. The van der Waals surface area contributed by atoms with Gasteiger partial charge in [0, 0.05) is 50.0 Å². The number of rotatable bonds is 14. The van der Waals surface area contributed by atoms with E-state index in [-0.39, 0.29) is 23.0 Å². The Labute approximate surface area is 417 Å². The lowest BCUT2D eigenvalue weighted by atomic mass is 9.79. The Morgan fingerprint density at radius 3 is 0.973 bits per heavy atom. The third-order valence-corrected chi connectivity index (χ3v) is 11.2. The van der Waals surface area contributed by atoms with Gasteiger partial charge in [0.25, 0.3) is 0 Å². The minimum Gasteiger partial charge on any atom is -0.504 e. The molecule has 0 radical (unpaired) electrons. The Morgan fingerprint density at radius 1 is 0.405 bits per heavy atom. The molecule has 4 aromatic carbocycles. The van der Waals surface area contributed by atoms with Crippen LogP contribution in [0.2, 0.25) is 0 Å². The highest BCUT2D eigenvalue weighted by molar-refractivity contribution is 5.90. The van der Waals surface area contributed by atoms with Crippen LogP contribution >= 0.6 is 0 Å². The van der Waals surface area contributed by atoms with E-state index in [2.05, 4.69) is 0 Å².